The number of nitrogen functional groups attached to an aromatic ring is 1. The van der Waals surface area contributed by atoms with Gasteiger partial charge in [0.05, 0.1) is 5.56 Å². The third-order valence-electron chi connectivity index (χ3n) is 1.28. The SMILES string of the molecule is C=Cc1c(C#N)c[nH]c1N. The zero-order valence-electron chi connectivity index (χ0n) is 5.39. The number of anilines is 1. The maximum Gasteiger partial charge on any atom is 0.109 e. The van der Waals surface area contributed by atoms with E-state index in [2.05, 4.69) is 11.6 Å². The van der Waals surface area contributed by atoms with Gasteiger partial charge in [-0.25, -0.2) is 0 Å². The molecular weight excluding hydrogens is 126 g/mol. The van der Waals surface area contributed by atoms with Gasteiger partial charge in [0.25, 0.3) is 0 Å². The predicted octanol–water partition coefficient (Wildman–Crippen LogP) is 1.11. The molecule has 0 saturated carbocycles. The number of nitrogens with two attached hydrogens (primary N) is 1. The molecule has 0 aliphatic carbocycles. The van der Waals surface area contributed by atoms with E-state index in [1.807, 2.05) is 6.07 Å². The van der Waals surface area contributed by atoms with Gasteiger partial charge in [0, 0.05) is 11.8 Å². The van der Waals surface area contributed by atoms with Gasteiger partial charge in [-0.05, 0) is 0 Å². The molecular formula is C7H7N3. The van der Waals surface area contributed by atoms with E-state index in [1.54, 1.807) is 12.3 Å². The fourth-order valence-electron chi connectivity index (χ4n) is 0.763. The van der Waals surface area contributed by atoms with Gasteiger partial charge in [-0.2, -0.15) is 5.26 Å². The number of nitrogens with one attached hydrogen (secondary N) is 1. The van der Waals surface area contributed by atoms with Crippen molar-refractivity contribution < 1.29 is 0 Å². The van der Waals surface area contributed by atoms with E-state index in [1.165, 1.54) is 0 Å². The van der Waals surface area contributed by atoms with Crippen LogP contribution in [0.25, 0.3) is 6.08 Å². The number of nitriles is 1. The van der Waals surface area contributed by atoms with Crippen molar-refractivity contribution in [2.75, 3.05) is 5.73 Å². The van der Waals surface area contributed by atoms with Crippen LogP contribution in [0.15, 0.2) is 12.8 Å². The molecule has 0 bridgehead atoms. The maximum absolute atomic E-state index is 8.49. The minimum Gasteiger partial charge on any atom is -0.385 e. The second-order valence-corrected chi connectivity index (χ2v) is 1.85. The lowest BCUT2D eigenvalue weighted by atomic mass is 10.2. The molecule has 0 amide bonds. The standard InChI is InChI=1S/C7H7N3/c1-2-6-5(3-8)4-10-7(6)9/h2,4,10H,1,9H2. The fourth-order valence-corrected chi connectivity index (χ4v) is 0.763. The second-order valence-electron chi connectivity index (χ2n) is 1.85. The zero-order chi connectivity index (χ0) is 7.56. The second kappa shape index (κ2) is 2.28. The Bertz CT molecular complexity index is 290. The number of aromatic amines is 1. The summed E-state index contributed by atoms with van der Waals surface area (Å²) in [5.41, 5.74) is 6.67. The van der Waals surface area contributed by atoms with Gasteiger partial charge in [-0.15, -0.1) is 0 Å². The van der Waals surface area contributed by atoms with Gasteiger partial charge in [0.1, 0.15) is 11.9 Å². The normalized spacial score (nSPS) is 8.70. The first kappa shape index (κ1) is 6.43. The van der Waals surface area contributed by atoms with Crippen molar-refractivity contribution >= 4 is 11.9 Å². The van der Waals surface area contributed by atoms with Crippen molar-refractivity contribution in [3.05, 3.63) is 23.9 Å². The lowest BCUT2D eigenvalue weighted by Crippen LogP contribution is -1.86. The van der Waals surface area contributed by atoms with Crippen molar-refractivity contribution in [1.82, 2.24) is 4.98 Å². The number of hydrogen-bond acceptors (Lipinski definition) is 2. The van der Waals surface area contributed by atoms with Gasteiger partial charge in [-0.1, -0.05) is 12.7 Å². The molecule has 3 heteroatoms. The number of rotatable bonds is 1. The summed E-state index contributed by atoms with van der Waals surface area (Å²) in [6.45, 7) is 3.52. The van der Waals surface area contributed by atoms with Gasteiger partial charge in [0.15, 0.2) is 0 Å². The molecule has 1 rings (SSSR count). The quantitative estimate of drug-likeness (QED) is 0.602. The largest absolute Gasteiger partial charge is 0.385 e. The van der Waals surface area contributed by atoms with Gasteiger partial charge in [0.2, 0.25) is 0 Å². The summed E-state index contributed by atoms with van der Waals surface area (Å²) in [5, 5.41) is 8.49. The van der Waals surface area contributed by atoms with E-state index >= 15 is 0 Å². The summed E-state index contributed by atoms with van der Waals surface area (Å²) in [4.78, 5) is 2.72. The van der Waals surface area contributed by atoms with Crippen LogP contribution in [0.5, 0.6) is 0 Å². The number of aromatic nitrogens is 1. The van der Waals surface area contributed by atoms with Crippen LogP contribution in [0.2, 0.25) is 0 Å². The fraction of sp³-hybridized carbons (Fsp3) is 0. The molecule has 0 aromatic carbocycles. The van der Waals surface area contributed by atoms with Crippen LogP contribution in [0.1, 0.15) is 11.1 Å². The van der Waals surface area contributed by atoms with Crippen LogP contribution >= 0.6 is 0 Å². The number of H-pyrrole nitrogens is 1. The highest BCUT2D eigenvalue weighted by Gasteiger charge is 2.02. The van der Waals surface area contributed by atoms with E-state index in [-0.39, 0.29) is 0 Å². The highest BCUT2D eigenvalue weighted by molar-refractivity contribution is 5.67. The summed E-state index contributed by atoms with van der Waals surface area (Å²) in [6.07, 6.45) is 3.12. The summed E-state index contributed by atoms with van der Waals surface area (Å²) < 4.78 is 0. The Balaban J connectivity index is 3.29. The molecule has 1 aromatic heterocycles. The lowest BCUT2D eigenvalue weighted by molar-refractivity contribution is 1.40. The van der Waals surface area contributed by atoms with Crippen molar-refractivity contribution in [1.29, 1.82) is 5.26 Å². The molecule has 0 saturated heterocycles. The van der Waals surface area contributed by atoms with Crippen LogP contribution < -0.4 is 5.73 Å². The zero-order valence-corrected chi connectivity index (χ0v) is 5.39. The predicted molar refractivity (Wildman–Crippen MR) is 40.0 cm³/mol. The average Bonchev–Trinajstić information content (AvgIpc) is 2.30. The molecule has 1 aromatic rings. The first-order valence-corrected chi connectivity index (χ1v) is 2.79. The molecule has 3 nitrogen and oxygen atoms in total. The van der Waals surface area contributed by atoms with Crippen LogP contribution in [-0.2, 0) is 0 Å². The van der Waals surface area contributed by atoms with Crippen LogP contribution in [0.4, 0.5) is 5.82 Å². The monoisotopic (exact) mass is 133 g/mol. The van der Waals surface area contributed by atoms with Gasteiger partial charge < -0.3 is 10.7 Å². The van der Waals surface area contributed by atoms with Crippen LogP contribution in [0.3, 0.4) is 0 Å². The Kier molecular flexibility index (Phi) is 1.46. The smallest absolute Gasteiger partial charge is 0.109 e. The molecule has 50 valence electrons. The Hall–Kier alpha value is -1.69. The van der Waals surface area contributed by atoms with Crippen molar-refractivity contribution in [2.45, 2.75) is 0 Å². The Morgan fingerprint density at radius 3 is 2.90 bits per heavy atom. The molecule has 0 aliphatic rings. The molecule has 3 N–H and O–H groups in total. The minimum atomic E-state index is 0.492. The molecule has 0 radical (unpaired) electrons. The van der Waals surface area contributed by atoms with E-state index in [0.717, 1.165) is 0 Å². The molecule has 0 fully saturated rings. The third kappa shape index (κ3) is 0.759. The first-order valence-electron chi connectivity index (χ1n) is 2.79. The highest BCUT2D eigenvalue weighted by atomic mass is 14.8. The molecule has 10 heavy (non-hydrogen) atoms. The van der Waals surface area contributed by atoms with Crippen LogP contribution in [0, 0.1) is 11.3 Å². The number of nitrogens with zero attached hydrogens (tertiary/aromatic N) is 1. The van der Waals surface area contributed by atoms with Crippen molar-refractivity contribution in [2.24, 2.45) is 0 Å². The minimum absolute atomic E-state index is 0.492. The van der Waals surface area contributed by atoms with Crippen LogP contribution in [-0.4, -0.2) is 4.98 Å². The Morgan fingerprint density at radius 2 is 2.50 bits per heavy atom. The van der Waals surface area contributed by atoms with E-state index < -0.39 is 0 Å². The lowest BCUT2D eigenvalue weighted by Gasteiger charge is -1.87. The number of hydrogen-bond donors (Lipinski definition) is 2. The first-order chi connectivity index (χ1) is 4.79. The topological polar surface area (TPSA) is 65.6 Å². The summed E-state index contributed by atoms with van der Waals surface area (Å²) >= 11 is 0. The molecule has 1 heterocycles. The molecule has 0 aliphatic heterocycles. The van der Waals surface area contributed by atoms with Crippen molar-refractivity contribution in [3.63, 3.8) is 0 Å². The summed E-state index contributed by atoms with van der Waals surface area (Å²) in [7, 11) is 0. The van der Waals surface area contributed by atoms with Gasteiger partial charge >= 0.3 is 0 Å². The molecule has 0 atom stereocenters. The van der Waals surface area contributed by atoms with Crippen molar-refractivity contribution in [3.8, 4) is 6.07 Å². The molecule has 0 unspecified atom stereocenters. The van der Waals surface area contributed by atoms with Gasteiger partial charge in [-0.3, -0.25) is 0 Å². The Labute approximate surface area is 58.8 Å². The maximum atomic E-state index is 8.49. The third-order valence-corrected chi connectivity index (χ3v) is 1.28. The summed E-state index contributed by atoms with van der Waals surface area (Å²) in [5.74, 6) is 0.492. The van der Waals surface area contributed by atoms with E-state index in [4.69, 9.17) is 11.0 Å². The Morgan fingerprint density at radius 1 is 1.80 bits per heavy atom. The van der Waals surface area contributed by atoms with E-state index in [9.17, 15) is 0 Å². The van der Waals surface area contributed by atoms with E-state index in [0.29, 0.717) is 16.9 Å². The summed E-state index contributed by atoms with van der Waals surface area (Å²) in [6, 6.07) is 1.98. The highest BCUT2D eigenvalue weighted by Crippen LogP contribution is 2.15. The average molecular weight is 133 g/mol. The molecule has 0 spiro atoms.